The van der Waals surface area contributed by atoms with Crippen LogP contribution in [0.3, 0.4) is 0 Å². The standard InChI is InChI=1S/C13H15NO2/c1-14-12(13(15)16)8-10-7-6-9-4-2-3-5-11(9)10/h2-5,7,12,14H,6,8H2,1H3,(H,15,16)/t12-/m1/s1. The molecule has 1 atom stereocenters. The molecule has 16 heavy (non-hydrogen) atoms. The van der Waals surface area contributed by atoms with E-state index in [1.807, 2.05) is 12.1 Å². The van der Waals surface area contributed by atoms with Crippen molar-refractivity contribution in [2.75, 3.05) is 7.05 Å². The van der Waals surface area contributed by atoms with E-state index in [0.717, 1.165) is 12.0 Å². The Morgan fingerprint density at radius 3 is 2.94 bits per heavy atom. The van der Waals surface area contributed by atoms with E-state index >= 15 is 0 Å². The topological polar surface area (TPSA) is 49.3 Å². The Morgan fingerprint density at radius 2 is 2.25 bits per heavy atom. The molecule has 1 aliphatic rings. The van der Waals surface area contributed by atoms with Gasteiger partial charge in [0.2, 0.25) is 0 Å². The Morgan fingerprint density at radius 1 is 1.50 bits per heavy atom. The maximum Gasteiger partial charge on any atom is 0.321 e. The summed E-state index contributed by atoms with van der Waals surface area (Å²) in [5.41, 5.74) is 3.62. The highest BCUT2D eigenvalue weighted by Gasteiger charge is 2.21. The normalized spacial score (nSPS) is 15.4. The van der Waals surface area contributed by atoms with Crippen LogP contribution < -0.4 is 5.32 Å². The van der Waals surface area contributed by atoms with Gasteiger partial charge in [0.25, 0.3) is 0 Å². The highest BCUT2D eigenvalue weighted by Crippen LogP contribution is 2.30. The molecule has 2 rings (SSSR count). The second kappa shape index (κ2) is 4.49. The monoisotopic (exact) mass is 217 g/mol. The van der Waals surface area contributed by atoms with Gasteiger partial charge in [-0.15, -0.1) is 0 Å². The minimum Gasteiger partial charge on any atom is -0.480 e. The summed E-state index contributed by atoms with van der Waals surface area (Å²) < 4.78 is 0. The number of carboxylic acids is 1. The number of rotatable bonds is 4. The van der Waals surface area contributed by atoms with Gasteiger partial charge in [-0.1, -0.05) is 30.3 Å². The van der Waals surface area contributed by atoms with E-state index in [4.69, 9.17) is 5.11 Å². The number of nitrogens with one attached hydrogen (secondary N) is 1. The molecule has 0 saturated carbocycles. The maximum absolute atomic E-state index is 10.9. The van der Waals surface area contributed by atoms with Crippen molar-refractivity contribution in [3.8, 4) is 0 Å². The van der Waals surface area contributed by atoms with Crippen LogP contribution in [-0.2, 0) is 11.2 Å². The molecule has 0 unspecified atom stereocenters. The maximum atomic E-state index is 10.9. The van der Waals surface area contributed by atoms with E-state index in [1.165, 1.54) is 11.1 Å². The third-order valence-corrected chi connectivity index (χ3v) is 3.00. The van der Waals surface area contributed by atoms with Crippen molar-refractivity contribution in [3.63, 3.8) is 0 Å². The molecule has 0 radical (unpaired) electrons. The Kier molecular flexibility index (Phi) is 3.06. The van der Waals surface area contributed by atoms with E-state index < -0.39 is 12.0 Å². The van der Waals surface area contributed by atoms with Crippen LogP contribution in [0.5, 0.6) is 0 Å². The number of aliphatic carboxylic acids is 1. The third-order valence-electron chi connectivity index (χ3n) is 3.00. The molecule has 0 fully saturated rings. The number of likely N-dealkylation sites (N-methyl/N-ethyl adjacent to an activating group) is 1. The van der Waals surface area contributed by atoms with Crippen molar-refractivity contribution in [1.29, 1.82) is 0 Å². The fourth-order valence-electron chi connectivity index (χ4n) is 2.08. The van der Waals surface area contributed by atoms with E-state index in [1.54, 1.807) is 7.05 Å². The van der Waals surface area contributed by atoms with Crippen LogP contribution in [0.15, 0.2) is 30.3 Å². The number of fused-ring (bicyclic) bond motifs is 1. The first-order chi connectivity index (χ1) is 7.72. The number of hydrogen-bond acceptors (Lipinski definition) is 2. The predicted octanol–water partition coefficient (Wildman–Crippen LogP) is 1.69. The van der Waals surface area contributed by atoms with Crippen LogP contribution in [0, 0.1) is 0 Å². The van der Waals surface area contributed by atoms with E-state index in [-0.39, 0.29) is 0 Å². The van der Waals surface area contributed by atoms with Gasteiger partial charge in [-0.05, 0) is 36.6 Å². The summed E-state index contributed by atoms with van der Waals surface area (Å²) in [5, 5.41) is 11.8. The Labute approximate surface area is 94.8 Å². The quantitative estimate of drug-likeness (QED) is 0.806. The average molecular weight is 217 g/mol. The van der Waals surface area contributed by atoms with Crippen LogP contribution in [0.4, 0.5) is 0 Å². The van der Waals surface area contributed by atoms with Gasteiger partial charge in [0.1, 0.15) is 6.04 Å². The molecule has 2 N–H and O–H groups in total. The zero-order valence-corrected chi connectivity index (χ0v) is 9.23. The molecule has 84 valence electrons. The second-order valence-electron chi connectivity index (χ2n) is 3.97. The molecule has 1 aromatic rings. The molecular weight excluding hydrogens is 202 g/mol. The largest absolute Gasteiger partial charge is 0.480 e. The van der Waals surface area contributed by atoms with Gasteiger partial charge in [-0.25, -0.2) is 0 Å². The molecule has 0 bridgehead atoms. The second-order valence-corrected chi connectivity index (χ2v) is 3.97. The number of allylic oxidation sites excluding steroid dienone is 1. The smallest absolute Gasteiger partial charge is 0.321 e. The van der Waals surface area contributed by atoms with Crippen LogP contribution in [0.1, 0.15) is 17.5 Å². The van der Waals surface area contributed by atoms with Gasteiger partial charge in [-0.2, -0.15) is 0 Å². The molecule has 0 spiro atoms. The molecule has 0 aromatic heterocycles. The lowest BCUT2D eigenvalue weighted by molar-refractivity contribution is -0.139. The number of carboxylic acid groups (broad SMARTS) is 1. The Balaban J connectivity index is 2.16. The van der Waals surface area contributed by atoms with Crippen molar-refractivity contribution >= 4 is 11.5 Å². The van der Waals surface area contributed by atoms with Gasteiger partial charge in [0, 0.05) is 0 Å². The molecule has 0 saturated heterocycles. The van der Waals surface area contributed by atoms with E-state index in [2.05, 4.69) is 23.5 Å². The lowest BCUT2D eigenvalue weighted by atomic mass is 10.00. The third kappa shape index (κ3) is 1.99. The first-order valence-electron chi connectivity index (χ1n) is 5.39. The van der Waals surface area contributed by atoms with Gasteiger partial charge in [-0.3, -0.25) is 4.79 Å². The molecule has 1 aromatic carbocycles. The van der Waals surface area contributed by atoms with Crippen molar-refractivity contribution in [3.05, 3.63) is 41.5 Å². The summed E-state index contributed by atoms with van der Waals surface area (Å²) in [5.74, 6) is -0.798. The summed E-state index contributed by atoms with van der Waals surface area (Å²) in [6, 6.07) is 7.66. The van der Waals surface area contributed by atoms with Crippen molar-refractivity contribution in [2.24, 2.45) is 0 Å². The Hall–Kier alpha value is -1.61. The zero-order chi connectivity index (χ0) is 11.5. The van der Waals surface area contributed by atoms with Crippen LogP contribution in [-0.4, -0.2) is 24.2 Å². The fourth-order valence-corrected chi connectivity index (χ4v) is 2.08. The molecular formula is C13H15NO2. The number of carbonyl (C=O) groups is 1. The molecule has 1 aliphatic carbocycles. The van der Waals surface area contributed by atoms with Crippen LogP contribution >= 0.6 is 0 Å². The first-order valence-corrected chi connectivity index (χ1v) is 5.39. The summed E-state index contributed by atoms with van der Waals surface area (Å²) in [6.07, 6.45) is 3.59. The molecule has 0 aliphatic heterocycles. The molecule has 3 nitrogen and oxygen atoms in total. The van der Waals surface area contributed by atoms with Gasteiger partial charge in [0.05, 0.1) is 0 Å². The van der Waals surface area contributed by atoms with Gasteiger partial charge in [0.15, 0.2) is 0 Å². The van der Waals surface area contributed by atoms with Crippen LogP contribution in [0.2, 0.25) is 0 Å². The van der Waals surface area contributed by atoms with Gasteiger partial charge >= 0.3 is 5.97 Å². The minimum atomic E-state index is -0.798. The highest BCUT2D eigenvalue weighted by atomic mass is 16.4. The lowest BCUT2D eigenvalue weighted by Crippen LogP contribution is -2.33. The summed E-state index contributed by atoms with van der Waals surface area (Å²) in [4.78, 5) is 10.9. The summed E-state index contributed by atoms with van der Waals surface area (Å²) in [6.45, 7) is 0. The SMILES string of the molecule is CN[C@H](CC1=CCc2ccccc21)C(=O)O. The average Bonchev–Trinajstić information content (AvgIpc) is 2.69. The number of benzene rings is 1. The summed E-state index contributed by atoms with van der Waals surface area (Å²) >= 11 is 0. The zero-order valence-electron chi connectivity index (χ0n) is 9.23. The van der Waals surface area contributed by atoms with E-state index in [0.29, 0.717) is 6.42 Å². The number of hydrogen-bond donors (Lipinski definition) is 2. The van der Waals surface area contributed by atoms with Crippen molar-refractivity contribution < 1.29 is 9.90 Å². The molecule has 3 heteroatoms. The predicted molar refractivity (Wildman–Crippen MR) is 63.2 cm³/mol. The lowest BCUT2D eigenvalue weighted by Gasteiger charge is -2.12. The van der Waals surface area contributed by atoms with Gasteiger partial charge < -0.3 is 10.4 Å². The molecule has 0 amide bonds. The summed E-state index contributed by atoms with van der Waals surface area (Å²) in [7, 11) is 1.68. The van der Waals surface area contributed by atoms with E-state index in [9.17, 15) is 4.79 Å². The highest BCUT2D eigenvalue weighted by molar-refractivity contribution is 5.80. The Bertz CT molecular complexity index is 437. The van der Waals surface area contributed by atoms with Crippen molar-refractivity contribution in [2.45, 2.75) is 18.9 Å². The van der Waals surface area contributed by atoms with Crippen LogP contribution in [0.25, 0.3) is 5.57 Å². The fraction of sp³-hybridized carbons (Fsp3) is 0.308. The minimum absolute atomic E-state index is 0.502. The van der Waals surface area contributed by atoms with Crippen molar-refractivity contribution in [1.82, 2.24) is 5.32 Å². The molecule has 0 heterocycles. The first kappa shape index (κ1) is 10.9.